The fraction of sp³-hybridized carbons (Fsp3) is 0.464. The highest BCUT2D eigenvalue weighted by molar-refractivity contribution is 5.53. The Morgan fingerprint density at radius 2 is 1.73 bits per heavy atom. The number of benzene rings is 1. The maximum Gasteiger partial charge on any atom is 0.156 e. The summed E-state index contributed by atoms with van der Waals surface area (Å²) in [4.78, 5) is 0. The highest BCUT2D eigenvalue weighted by Gasteiger charge is 2.06. The number of rotatable bonds is 10. The van der Waals surface area contributed by atoms with E-state index < -0.39 is 0 Å². The normalized spacial score (nSPS) is 11.4. The van der Waals surface area contributed by atoms with E-state index in [-0.39, 0.29) is 0 Å². The molecule has 0 radical (unpaired) electrons. The van der Waals surface area contributed by atoms with Crippen LogP contribution in [-0.4, -0.2) is 17.2 Å². The van der Waals surface area contributed by atoms with Crippen molar-refractivity contribution in [2.75, 3.05) is 12.4 Å². The lowest BCUT2D eigenvalue weighted by atomic mass is 10.0. The number of allylic oxidation sites excluding steroid dienone is 1. The Balaban J connectivity index is 0.000000582. The molecule has 0 unspecified atom stereocenters. The van der Waals surface area contributed by atoms with E-state index in [2.05, 4.69) is 47.3 Å². The molecule has 2 N–H and O–H groups in total. The van der Waals surface area contributed by atoms with Gasteiger partial charge in [-0.25, -0.2) is 0 Å². The molecule has 33 heavy (non-hydrogen) atoms. The van der Waals surface area contributed by atoms with E-state index in [9.17, 15) is 5.26 Å². The highest BCUT2D eigenvalue weighted by atomic mass is 15.2. The lowest BCUT2D eigenvalue weighted by molar-refractivity contribution is 0.624. The molecule has 1 aromatic heterocycles. The van der Waals surface area contributed by atoms with E-state index in [1.807, 2.05) is 58.2 Å². The second-order valence-electron chi connectivity index (χ2n) is 8.14. The summed E-state index contributed by atoms with van der Waals surface area (Å²) >= 11 is 0. The fourth-order valence-corrected chi connectivity index (χ4v) is 3.47. The molecule has 1 aromatic carbocycles. The molecule has 5 heteroatoms. The second-order valence-corrected chi connectivity index (χ2v) is 8.14. The number of nitrogens with one attached hydrogen (secondary N) is 2. The van der Waals surface area contributed by atoms with E-state index in [0.717, 1.165) is 33.0 Å². The maximum absolute atomic E-state index is 9.18. The average Bonchev–Trinajstić information content (AvgIpc) is 2.82. The Bertz CT molecular complexity index is 1040. The standard InChI is InChI=1S/C20H23N5.C8H18/c1-6-18-15(4)24-25-20(19(18)10-13(2)22-5)23-12-17-9-7-8-16(11-21)14(17)3;1-3-5-7-8-6-4-2/h6-10,22H,2,12H2,1,3-5H3,(H,23,25);3-8H2,1-2H3/b18-6-,19-10+;. The molecule has 0 fully saturated rings. The minimum atomic E-state index is 0.565. The number of hydrogen-bond acceptors (Lipinski definition) is 5. The Morgan fingerprint density at radius 1 is 1.06 bits per heavy atom. The van der Waals surface area contributed by atoms with E-state index in [1.165, 1.54) is 38.5 Å². The lowest BCUT2D eigenvalue weighted by Gasteiger charge is -2.11. The van der Waals surface area contributed by atoms with Gasteiger partial charge in [0, 0.05) is 29.7 Å². The van der Waals surface area contributed by atoms with Crippen LogP contribution in [0.4, 0.5) is 5.82 Å². The second kappa shape index (κ2) is 15.6. The number of nitrogens with zero attached hydrogens (tertiary/aromatic N) is 3. The Morgan fingerprint density at radius 3 is 2.27 bits per heavy atom. The first-order chi connectivity index (χ1) is 15.9. The monoisotopic (exact) mass is 447 g/mol. The topological polar surface area (TPSA) is 73.6 Å². The summed E-state index contributed by atoms with van der Waals surface area (Å²) in [6.07, 6.45) is 12.5. The Kier molecular flexibility index (Phi) is 13.2. The molecule has 0 amide bonds. The van der Waals surface area contributed by atoms with Crippen molar-refractivity contribution in [1.29, 1.82) is 5.26 Å². The van der Waals surface area contributed by atoms with Gasteiger partial charge >= 0.3 is 0 Å². The van der Waals surface area contributed by atoms with Gasteiger partial charge in [-0.1, -0.05) is 77.2 Å². The molecule has 2 aromatic rings. The van der Waals surface area contributed by atoms with Crippen molar-refractivity contribution in [3.63, 3.8) is 0 Å². The number of aryl methyl sites for hydroxylation is 1. The van der Waals surface area contributed by atoms with Crippen LogP contribution in [0.25, 0.3) is 12.2 Å². The summed E-state index contributed by atoms with van der Waals surface area (Å²) < 4.78 is 0. The van der Waals surface area contributed by atoms with Crippen LogP contribution in [0.1, 0.15) is 81.7 Å². The summed E-state index contributed by atoms with van der Waals surface area (Å²) in [5.41, 5.74) is 4.38. The van der Waals surface area contributed by atoms with Gasteiger partial charge in [0.2, 0.25) is 0 Å². The maximum atomic E-state index is 9.18. The van der Waals surface area contributed by atoms with Crippen LogP contribution in [0.3, 0.4) is 0 Å². The predicted octanol–water partition coefficient (Wildman–Crippen LogP) is 5.26. The van der Waals surface area contributed by atoms with Crippen molar-refractivity contribution >= 4 is 18.0 Å². The number of nitriles is 1. The minimum Gasteiger partial charge on any atom is -0.389 e. The molecule has 5 nitrogen and oxygen atoms in total. The predicted molar refractivity (Wildman–Crippen MR) is 141 cm³/mol. The van der Waals surface area contributed by atoms with Gasteiger partial charge in [0.1, 0.15) is 0 Å². The highest BCUT2D eigenvalue weighted by Crippen LogP contribution is 2.13. The molecule has 178 valence electrons. The quantitative estimate of drug-likeness (QED) is 0.486. The molecule has 0 atom stereocenters. The van der Waals surface area contributed by atoms with Gasteiger partial charge in [0.25, 0.3) is 0 Å². The number of aromatic nitrogens is 2. The molecule has 1 heterocycles. The first-order valence-corrected chi connectivity index (χ1v) is 12.0. The third-order valence-corrected chi connectivity index (χ3v) is 5.63. The summed E-state index contributed by atoms with van der Waals surface area (Å²) in [6.45, 7) is 14.9. The van der Waals surface area contributed by atoms with E-state index >= 15 is 0 Å². The molecule has 0 aliphatic heterocycles. The fourth-order valence-electron chi connectivity index (χ4n) is 3.47. The van der Waals surface area contributed by atoms with Crippen molar-refractivity contribution in [1.82, 2.24) is 15.5 Å². The zero-order chi connectivity index (χ0) is 24.6. The van der Waals surface area contributed by atoms with Crippen molar-refractivity contribution in [2.24, 2.45) is 0 Å². The number of unbranched alkanes of at least 4 members (excludes halogenated alkanes) is 5. The summed E-state index contributed by atoms with van der Waals surface area (Å²) in [5, 5.41) is 26.1. The van der Waals surface area contributed by atoms with Crippen LogP contribution in [-0.2, 0) is 6.54 Å². The van der Waals surface area contributed by atoms with E-state index in [4.69, 9.17) is 0 Å². The van der Waals surface area contributed by atoms with Crippen LogP contribution < -0.4 is 21.1 Å². The van der Waals surface area contributed by atoms with Gasteiger partial charge < -0.3 is 10.6 Å². The van der Waals surface area contributed by atoms with Crippen molar-refractivity contribution in [3.8, 4) is 6.07 Å². The van der Waals surface area contributed by atoms with Crippen LogP contribution in [0, 0.1) is 25.2 Å². The molecule has 0 saturated heterocycles. The molecule has 0 aliphatic carbocycles. The van der Waals surface area contributed by atoms with Gasteiger partial charge in [0.05, 0.1) is 17.3 Å². The zero-order valence-electron chi connectivity index (χ0n) is 21.4. The van der Waals surface area contributed by atoms with Crippen molar-refractivity contribution in [2.45, 2.75) is 79.7 Å². The van der Waals surface area contributed by atoms with Crippen LogP contribution in [0.5, 0.6) is 0 Å². The van der Waals surface area contributed by atoms with Crippen molar-refractivity contribution in [3.05, 3.63) is 63.3 Å². The van der Waals surface area contributed by atoms with Gasteiger partial charge in [-0.3, -0.25) is 0 Å². The molecule has 0 aliphatic rings. The van der Waals surface area contributed by atoms with Gasteiger partial charge in [-0.2, -0.15) is 10.4 Å². The third kappa shape index (κ3) is 9.10. The molecular weight excluding hydrogens is 406 g/mol. The van der Waals surface area contributed by atoms with Crippen molar-refractivity contribution < 1.29 is 0 Å². The summed E-state index contributed by atoms with van der Waals surface area (Å²) in [7, 11) is 1.83. The Labute approximate surface area is 200 Å². The summed E-state index contributed by atoms with van der Waals surface area (Å²) in [5.74, 6) is 0.692. The third-order valence-electron chi connectivity index (χ3n) is 5.63. The van der Waals surface area contributed by atoms with Gasteiger partial charge in [-0.05, 0) is 44.0 Å². The zero-order valence-corrected chi connectivity index (χ0v) is 21.4. The molecular formula is C28H41N5. The van der Waals surface area contributed by atoms with Crippen LogP contribution >= 0.6 is 0 Å². The van der Waals surface area contributed by atoms with Gasteiger partial charge in [0.15, 0.2) is 5.82 Å². The molecule has 0 bridgehead atoms. The SMILES string of the molecule is C=C(/C=c1/c(NCc2cccc(C#N)c2C)nnc(C)/c1=C/C)NC.CCCCCCCC. The van der Waals surface area contributed by atoms with E-state index in [1.54, 1.807) is 0 Å². The van der Waals surface area contributed by atoms with E-state index in [0.29, 0.717) is 17.9 Å². The molecule has 0 saturated carbocycles. The minimum absolute atomic E-state index is 0.565. The number of hydrogen-bond donors (Lipinski definition) is 2. The molecule has 0 spiro atoms. The summed E-state index contributed by atoms with van der Waals surface area (Å²) in [6, 6.07) is 7.94. The molecule has 2 rings (SSSR count). The Hall–Kier alpha value is -3.13. The first-order valence-electron chi connectivity index (χ1n) is 12.0. The first kappa shape index (κ1) is 27.9. The number of anilines is 1. The smallest absolute Gasteiger partial charge is 0.156 e. The largest absolute Gasteiger partial charge is 0.389 e. The van der Waals surface area contributed by atoms with Crippen LogP contribution in [0.2, 0.25) is 0 Å². The van der Waals surface area contributed by atoms with Crippen LogP contribution in [0.15, 0.2) is 30.5 Å². The average molecular weight is 448 g/mol. The lowest BCUT2D eigenvalue weighted by Crippen LogP contribution is -2.33. The van der Waals surface area contributed by atoms with Gasteiger partial charge in [-0.15, -0.1) is 5.10 Å².